The summed E-state index contributed by atoms with van der Waals surface area (Å²) in [4.78, 5) is 5.30. The maximum atomic E-state index is 5.81. The number of benzene rings is 1. The zero-order valence-corrected chi connectivity index (χ0v) is 12.5. The second-order valence-electron chi connectivity index (χ2n) is 4.98. The average molecular weight is 290 g/mol. The normalized spacial score (nSPS) is 16.8. The van der Waals surface area contributed by atoms with Gasteiger partial charge in [0, 0.05) is 41.7 Å². The standard InChI is InChI=1S/C15H18N2O2S/c1-10-3-11-4-14(18-2)12(5-15(11)19-10)6-16-7-13-8-17-9-20-13/h4-5,8-10,16H,3,6-7H2,1-2H3. The molecule has 0 spiro atoms. The van der Waals surface area contributed by atoms with Gasteiger partial charge in [0.05, 0.1) is 12.6 Å². The molecule has 1 aromatic carbocycles. The van der Waals surface area contributed by atoms with Gasteiger partial charge in [0.15, 0.2) is 0 Å². The molecule has 3 rings (SSSR count). The molecular formula is C15H18N2O2S. The van der Waals surface area contributed by atoms with E-state index in [0.717, 1.165) is 36.6 Å². The molecule has 0 amide bonds. The predicted octanol–water partition coefficient (Wildman–Crippen LogP) is 2.76. The van der Waals surface area contributed by atoms with Crippen molar-refractivity contribution in [3.63, 3.8) is 0 Å². The van der Waals surface area contributed by atoms with E-state index in [2.05, 4.69) is 29.4 Å². The Kier molecular flexibility index (Phi) is 3.89. The SMILES string of the molecule is COc1cc2c(cc1CNCc1cncs1)OC(C)C2. The summed E-state index contributed by atoms with van der Waals surface area (Å²) in [5.41, 5.74) is 4.22. The van der Waals surface area contributed by atoms with Crippen LogP contribution in [0.3, 0.4) is 0 Å². The molecule has 1 N–H and O–H groups in total. The van der Waals surface area contributed by atoms with Crippen molar-refractivity contribution in [2.24, 2.45) is 0 Å². The maximum Gasteiger partial charge on any atom is 0.123 e. The van der Waals surface area contributed by atoms with Crippen molar-refractivity contribution in [3.05, 3.63) is 39.8 Å². The van der Waals surface area contributed by atoms with Gasteiger partial charge in [-0.2, -0.15) is 0 Å². The largest absolute Gasteiger partial charge is 0.496 e. The Morgan fingerprint density at radius 3 is 3.10 bits per heavy atom. The van der Waals surface area contributed by atoms with Crippen LogP contribution in [0.1, 0.15) is 22.9 Å². The molecule has 20 heavy (non-hydrogen) atoms. The minimum atomic E-state index is 0.259. The minimum Gasteiger partial charge on any atom is -0.496 e. The fourth-order valence-corrected chi connectivity index (χ4v) is 3.02. The quantitative estimate of drug-likeness (QED) is 0.919. The zero-order chi connectivity index (χ0) is 13.9. The predicted molar refractivity (Wildman–Crippen MR) is 79.4 cm³/mol. The summed E-state index contributed by atoms with van der Waals surface area (Å²) in [7, 11) is 1.72. The van der Waals surface area contributed by atoms with E-state index in [1.54, 1.807) is 18.4 Å². The van der Waals surface area contributed by atoms with Crippen LogP contribution >= 0.6 is 11.3 Å². The first-order valence-corrected chi connectivity index (χ1v) is 7.58. The van der Waals surface area contributed by atoms with Crippen LogP contribution in [0.4, 0.5) is 0 Å². The molecule has 1 aliphatic heterocycles. The summed E-state index contributed by atoms with van der Waals surface area (Å²) in [5, 5.41) is 3.42. The third kappa shape index (κ3) is 2.78. The fraction of sp³-hybridized carbons (Fsp3) is 0.400. The van der Waals surface area contributed by atoms with E-state index in [9.17, 15) is 0 Å². The number of rotatable bonds is 5. The molecule has 0 fully saturated rings. The average Bonchev–Trinajstić information content (AvgIpc) is 3.05. The van der Waals surface area contributed by atoms with Crippen LogP contribution in [0, 0.1) is 0 Å². The highest BCUT2D eigenvalue weighted by Gasteiger charge is 2.21. The summed E-state index contributed by atoms with van der Waals surface area (Å²) < 4.78 is 11.3. The third-order valence-corrected chi connectivity index (χ3v) is 4.18. The van der Waals surface area contributed by atoms with Crippen LogP contribution in [0.5, 0.6) is 11.5 Å². The van der Waals surface area contributed by atoms with E-state index in [4.69, 9.17) is 9.47 Å². The highest BCUT2D eigenvalue weighted by atomic mass is 32.1. The molecule has 2 aromatic rings. The molecule has 106 valence electrons. The number of fused-ring (bicyclic) bond motifs is 1. The fourth-order valence-electron chi connectivity index (χ4n) is 2.46. The second-order valence-corrected chi connectivity index (χ2v) is 5.95. The van der Waals surface area contributed by atoms with Crippen molar-refractivity contribution in [3.8, 4) is 11.5 Å². The van der Waals surface area contributed by atoms with Crippen molar-refractivity contribution in [1.82, 2.24) is 10.3 Å². The van der Waals surface area contributed by atoms with Crippen LogP contribution in [-0.2, 0) is 19.5 Å². The van der Waals surface area contributed by atoms with Gasteiger partial charge in [-0.05, 0) is 19.1 Å². The lowest BCUT2D eigenvalue weighted by molar-refractivity contribution is 0.254. The highest BCUT2D eigenvalue weighted by molar-refractivity contribution is 7.09. The Hall–Kier alpha value is -1.59. The number of thiazole rings is 1. The van der Waals surface area contributed by atoms with Crippen molar-refractivity contribution >= 4 is 11.3 Å². The van der Waals surface area contributed by atoms with E-state index >= 15 is 0 Å². The Morgan fingerprint density at radius 2 is 2.35 bits per heavy atom. The van der Waals surface area contributed by atoms with Gasteiger partial charge in [0.25, 0.3) is 0 Å². The van der Waals surface area contributed by atoms with Gasteiger partial charge in [-0.3, -0.25) is 4.98 Å². The Bertz CT molecular complexity index is 584. The van der Waals surface area contributed by atoms with Gasteiger partial charge in [0.1, 0.15) is 17.6 Å². The lowest BCUT2D eigenvalue weighted by Gasteiger charge is -2.11. The summed E-state index contributed by atoms with van der Waals surface area (Å²) in [5.74, 6) is 1.92. The summed E-state index contributed by atoms with van der Waals surface area (Å²) >= 11 is 1.66. The van der Waals surface area contributed by atoms with Gasteiger partial charge in [-0.15, -0.1) is 11.3 Å². The summed E-state index contributed by atoms with van der Waals surface area (Å²) in [6.45, 7) is 3.67. The molecule has 1 unspecified atom stereocenters. The van der Waals surface area contributed by atoms with Crippen molar-refractivity contribution in [2.75, 3.05) is 7.11 Å². The number of nitrogens with one attached hydrogen (secondary N) is 1. The zero-order valence-electron chi connectivity index (χ0n) is 11.7. The smallest absolute Gasteiger partial charge is 0.123 e. The molecule has 1 aromatic heterocycles. The van der Waals surface area contributed by atoms with Crippen molar-refractivity contribution in [1.29, 1.82) is 0 Å². The van der Waals surface area contributed by atoms with Gasteiger partial charge < -0.3 is 14.8 Å². The molecule has 0 bridgehead atoms. The first-order valence-electron chi connectivity index (χ1n) is 6.71. The Balaban J connectivity index is 1.70. The van der Waals surface area contributed by atoms with E-state index in [-0.39, 0.29) is 6.10 Å². The maximum absolute atomic E-state index is 5.81. The molecule has 2 heterocycles. The van der Waals surface area contributed by atoms with Crippen LogP contribution in [0.15, 0.2) is 23.8 Å². The first kappa shape index (κ1) is 13.4. The molecule has 0 radical (unpaired) electrons. The monoisotopic (exact) mass is 290 g/mol. The highest BCUT2D eigenvalue weighted by Crippen LogP contribution is 2.34. The molecule has 0 aliphatic carbocycles. The molecule has 1 aliphatic rings. The summed E-state index contributed by atoms with van der Waals surface area (Å²) in [6.07, 6.45) is 3.11. The van der Waals surface area contributed by atoms with Gasteiger partial charge >= 0.3 is 0 Å². The first-order chi connectivity index (χ1) is 9.76. The van der Waals surface area contributed by atoms with E-state index in [1.807, 2.05) is 11.7 Å². The van der Waals surface area contributed by atoms with Crippen LogP contribution in [0.2, 0.25) is 0 Å². The Morgan fingerprint density at radius 1 is 1.45 bits per heavy atom. The Labute approximate surface area is 122 Å². The van der Waals surface area contributed by atoms with Gasteiger partial charge in [-0.1, -0.05) is 0 Å². The van der Waals surface area contributed by atoms with Gasteiger partial charge in [0.2, 0.25) is 0 Å². The lowest BCUT2D eigenvalue weighted by atomic mass is 10.1. The lowest BCUT2D eigenvalue weighted by Crippen LogP contribution is -2.12. The van der Waals surface area contributed by atoms with Crippen molar-refractivity contribution < 1.29 is 9.47 Å². The molecule has 4 nitrogen and oxygen atoms in total. The number of ether oxygens (including phenoxy) is 2. The molecular weight excluding hydrogens is 272 g/mol. The number of methoxy groups -OCH3 is 1. The number of hydrogen-bond acceptors (Lipinski definition) is 5. The third-order valence-electron chi connectivity index (χ3n) is 3.40. The summed E-state index contributed by atoms with van der Waals surface area (Å²) in [6, 6.07) is 4.19. The van der Waals surface area contributed by atoms with Crippen LogP contribution < -0.4 is 14.8 Å². The second kappa shape index (κ2) is 5.81. The number of hydrogen-bond donors (Lipinski definition) is 1. The van der Waals surface area contributed by atoms with Gasteiger partial charge in [-0.25, -0.2) is 0 Å². The minimum absolute atomic E-state index is 0.259. The van der Waals surface area contributed by atoms with Crippen LogP contribution in [-0.4, -0.2) is 18.2 Å². The molecule has 5 heteroatoms. The number of nitrogens with zero attached hydrogens (tertiary/aromatic N) is 1. The van der Waals surface area contributed by atoms with Crippen molar-refractivity contribution in [2.45, 2.75) is 32.5 Å². The van der Waals surface area contributed by atoms with E-state index in [0.29, 0.717) is 0 Å². The van der Waals surface area contributed by atoms with E-state index in [1.165, 1.54) is 10.4 Å². The van der Waals surface area contributed by atoms with E-state index < -0.39 is 0 Å². The molecule has 0 saturated carbocycles. The topological polar surface area (TPSA) is 43.4 Å². The molecule has 1 atom stereocenters. The van der Waals surface area contributed by atoms with Crippen LogP contribution in [0.25, 0.3) is 0 Å². The molecule has 0 saturated heterocycles. The number of aromatic nitrogens is 1.